The number of hydrogen-bond acceptors (Lipinski definition) is 4. The van der Waals surface area contributed by atoms with Gasteiger partial charge in [-0.15, -0.1) is 0 Å². The van der Waals surface area contributed by atoms with Gasteiger partial charge in [0.15, 0.2) is 0 Å². The van der Waals surface area contributed by atoms with Gasteiger partial charge in [0.2, 0.25) is 0 Å². The van der Waals surface area contributed by atoms with Crippen molar-refractivity contribution in [3.05, 3.63) is 24.0 Å². The molecule has 0 aliphatic rings. The monoisotopic (exact) mass is 224 g/mol. The van der Waals surface area contributed by atoms with E-state index in [1.165, 1.54) is 0 Å². The minimum atomic E-state index is -0.507. The first-order chi connectivity index (χ1) is 7.65. The van der Waals surface area contributed by atoms with Crippen molar-refractivity contribution in [2.45, 2.75) is 19.4 Å². The molecule has 0 amide bonds. The van der Waals surface area contributed by atoms with Crippen molar-refractivity contribution >= 4 is 5.69 Å². The van der Waals surface area contributed by atoms with Crippen LogP contribution in [0.15, 0.2) is 18.3 Å². The minimum absolute atomic E-state index is 0.507. The molecular formula is C12H20N2O2. The van der Waals surface area contributed by atoms with Crippen LogP contribution in [0.2, 0.25) is 0 Å². The van der Waals surface area contributed by atoms with Gasteiger partial charge in [0.1, 0.15) is 0 Å². The Morgan fingerprint density at radius 1 is 1.50 bits per heavy atom. The molecule has 0 aromatic carbocycles. The number of hydrogen-bond donors (Lipinski definition) is 1. The van der Waals surface area contributed by atoms with E-state index in [1.807, 2.05) is 19.2 Å². The van der Waals surface area contributed by atoms with E-state index >= 15 is 0 Å². The predicted molar refractivity (Wildman–Crippen MR) is 64.6 cm³/mol. The molecule has 16 heavy (non-hydrogen) atoms. The topological polar surface area (TPSA) is 45.6 Å². The third-order valence-electron chi connectivity index (χ3n) is 2.48. The lowest BCUT2D eigenvalue weighted by Gasteiger charge is -2.19. The lowest BCUT2D eigenvalue weighted by Crippen LogP contribution is -2.19. The number of anilines is 1. The van der Waals surface area contributed by atoms with E-state index < -0.39 is 6.10 Å². The van der Waals surface area contributed by atoms with Crippen LogP contribution in [0.1, 0.15) is 25.1 Å². The summed E-state index contributed by atoms with van der Waals surface area (Å²) < 4.78 is 5.00. The standard InChI is InChI=1S/C12H20N2O2/c1-10(15)12-6-5-11(9-13-12)14(2)7-4-8-16-3/h5-6,9-10,15H,4,7-8H2,1-3H3. The van der Waals surface area contributed by atoms with E-state index in [1.54, 1.807) is 20.2 Å². The van der Waals surface area contributed by atoms with E-state index in [2.05, 4.69) is 9.88 Å². The first-order valence-electron chi connectivity index (χ1n) is 5.49. The Hall–Kier alpha value is -1.13. The van der Waals surface area contributed by atoms with Gasteiger partial charge in [-0.1, -0.05) is 0 Å². The summed E-state index contributed by atoms with van der Waals surface area (Å²) in [4.78, 5) is 6.33. The van der Waals surface area contributed by atoms with Crippen LogP contribution in [0, 0.1) is 0 Å². The van der Waals surface area contributed by atoms with Crippen LogP contribution in [0.25, 0.3) is 0 Å². The van der Waals surface area contributed by atoms with Crippen LogP contribution >= 0.6 is 0 Å². The van der Waals surface area contributed by atoms with Crippen molar-refractivity contribution in [3.8, 4) is 0 Å². The molecule has 0 aliphatic carbocycles. The number of rotatable bonds is 6. The van der Waals surface area contributed by atoms with Gasteiger partial charge in [-0.05, 0) is 25.5 Å². The molecule has 4 nitrogen and oxygen atoms in total. The quantitative estimate of drug-likeness (QED) is 0.746. The molecule has 0 bridgehead atoms. The molecule has 1 heterocycles. The highest BCUT2D eigenvalue weighted by molar-refractivity contribution is 5.43. The summed E-state index contributed by atoms with van der Waals surface area (Å²) in [7, 11) is 3.73. The van der Waals surface area contributed by atoms with Crippen molar-refractivity contribution in [3.63, 3.8) is 0 Å². The highest BCUT2D eigenvalue weighted by Crippen LogP contribution is 2.15. The zero-order valence-corrected chi connectivity index (χ0v) is 10.2. The third kappa shape index (κ3) is 3.79. The van der Waals surface area contributed by atoms with Gasteiger partial charge in [0.25, 0.3) is 0 Å². The SMILES string of the molecule is COCCCN(C)c1ccc(C(C)O)nc1. The van der Waals surface area contributed by atoms with Crippen molar-refractivity contribution < 1.29 is 9.84 Å². The molecule has 0 spiro atoms. The second-order valence-corrected chi connectivity index (χ2v) is 3.89. The zero-order chi connectivity index (χ0) is 12.0. The van der Waals surface area contributed by atoms with Gasteiger partial charge < -0.3 is 14.7 Å². The third-order valence-corrected chi connectivity index (χ3v) is 2.48. The van der Waals surface area contributed by atoms with Crippen molar-refractivity contribution in [1.29, 1.82) is 0 Å². The Bertz CT molecular complexity index is 298. The molecule has 1 rings (SSSR count). The molecule has 4 heteroatoms. The maximum absolute atomic E-state index is 9.33. The van der Waals surface area contributed by atoms with E-state index in [0.717, 1.165) is 25.3 Å². The second kappa shape index (κ2) is 6.45. The van der Waals surface area contributed by atoms with Gasteiger partial charge >= 0.3 is 0 Å². The fraction of sp³-hybridized carbons (Fsp3) is 0.583. The van der Waals surface area contributed by atoms with E-state index in [9.17, 15) is 5.11 Å². The molecule has 1 atom stereocenters. The molecule has 0 aliphatic heterocycles. The summed E-state index contributed by atoms with van der Waals surface area (Å²) in [5.74, 6) is 0. The molecule has 1 aromatic heterocycles. The Labute approximate surface area is 96.9 Å². The van der Waals surface area contributed by atoms with E-state index in [-0.39, 0.29) is 0 Å². The number of nitrogens with zero attached hydrogens (tertiary/aromatic N) is 2. The summed E-state index contributed by atoms with van der Waals surface area (Å²) in [5, 5.41) is 9.33. The number of aliphatic hydroxyl groups is 1. The molecule has 0 saturated heterocycles. The van der Waals surface area contributed by atoms with Gasteiger partial charge in [0, 0.05) is 27.3 Å². The largest absolute Gasteiger partial charge is 0.387 e. The smallest absolute Gasteiger partial charge is 0.0931 e. The summed E-state index contributed by atoms with van der Waals surface area (Å²) >= 11 is 0. The lowest BCUT2D eigenvalue weighted by molar-refractivity contribution is 0.194. The molecule has 0 fully saturated rings. The van der Waals surface area contributed by atoms with Crippen LogP contribution in [-0.2, 0) is 4.74 Å². The van der Waals surface area contributed by atoms with Crippen LogP contribution in [-0.4, -0.2) is 37.4 Å². The maximum atomic E-state index is 9.33. The maximum Gasteiger partial charge on any atom is 0.0931 e. The summed E-state index contributed by atoms with van der Waals surface area (Å²) in [6.45, 7) is 3.41. The second-order valence-electron chi connectivity index (χ2n) is 3.89. The zero-order valence-electron chi connectivity index (χ0n) is 10.2. The molecular weight excluding hydrogens is 204 g/mol. The van der Waals surface area contributed by atoms with Gasteiger partial charge in [-0.2, -0.15) is 0 Å². The van der Waals surface area contributed by atoms with Crippen LogP contribution in [0.5, 0.6) is 0 Å². The molecule has 1 unspecified atom stereocenters. The van der Waals surface area contributed by atoms with Crippen molar-refractivity contribution in [2.75, 3.05) is 32.2 Å². The van der Waals surface area contributed by atoms with Crippen molar-refractivity contribution in [2.24, 2.45) is 0 Å². The minimum Gasteiger partial charge on any atom is -0.387 e. The Morgan fingerprint density at radius 2 is 2.25 bits per heavy atom. The number of aromatic nitrogens is 1. The Morgan fingerprint density at radius 3 is 2.75 bits per heavy atom. The molecule has 0 saturated carbocycles. The van der Waals surface area contributed by atoms with Crippen LogP contribution < -0.4 is 4.90 Å². The molecule has 0 radical (unpaired) electrons. The Balaban J connectivity index is 2.52. The van der Waals surface area contributed by atoms with Crippen LogP contribution in [0.4, 0.5) is 5.69 Å². The summed E-state index contributed by atoms with van der Waals surface area (Å²) in [6, 6.07) is 3.83. The van der Waals surface area contributed by atoms with Crippen molar-refractivity contribution in [1.82, 2.24) is 4.98 Å². The van der Waals surface area contributed by atoms with Gasteiger partial charge in [-0.3, -0.25) is 4.98 Å². The molecule has 1 aromatic rings. The molecule has 1 N–H and O–H groups in total. The first-order valence-corrected chi connectivity index (χ1v) is 5.49. The fourth-order valence-electron chi connectivity index (χ4n) is 1.45. The van der Waals surface area contributed by atoms with Gasteiger partial charge in [-0.25, -0.2) is 0 Å². The summed E-state index contributed by atoms with van der Waals surface area (Å²) in [6.07, 6.45) is 2.27. The number of methoxy groups -OCH3 is 1. The first kappa shape index (κ1) is 12.9. The number of ether oxygens (including phenoxy) is 1. The molecule has 90 valence electrons. The highest BCUT2D eigenvalue weighted by atomic mass is 16.5. The highest BCUT2D eigenvalue weighted by Gasteiger charge is 2.04. The lowest BCUT2D eigenvalue weighted by atomic mass is 10.2. The fourth-order valence-corrected chi connectivity index (χ4v) is 1.45. The van der Waals surface area contributed by atoms with Gasteiger partial charge in [0.05, 0.1) is 23.7 Å². The number of pyridine rings is 1. The predicted octanol–water partition coefficient (Wildman–Crippen LogP) is 1.61. The average molecular weight is 224 g/mol. The number of aliphatic hydroxyl groups excluding tert-OH is 1. The van der Waals surface area contributed by atoms with E-state index in [4.69, 9.17) is 4.74 Å². The normalized spacial score (nSPS) is 12.5. The van der Waals surface area contributed by atoms with Crippen LogP contribution in [0.3, 0.4) is 0 Å². The summed E-state index contributed by atoms with van der Waals surface area (Å²) in [5.41, 5.74) is 1.76. The Kier molecular flexibility index (Phi) is 5.22. The van der Waals surface area contributed by atoms with E-state index in [0.29, 0.717) is 5.69 Å². The average Bonchev–Trinajstić information content (AvgIpc) is 2.29.